The number of nitrogens with zero attached hydrogens (tertiary/aromatic N) is 6. The Morgan fingerprint density at radius 1 is 1.05 bits per heavy atom. The molecular weight excluding hydrogens is 497 g/mol. The first-order chi connectivity index (χ1) is 19.2. The first-order valence-electron chi connectivity index (χ1n) is 13.4. The number of benzene rings is 2. The van der Waals surface area contributed by atoms with Gasteiger partial charge in [-0.3, -0.25) is 4.90 Å². The lowest BCUT2D eigenvalue weighted by Gasteiger charge is -2.43. The molecule has 3 aliphatic rings. The largest absolute Gasteiger partial charge is 0.378 e. The van der Waals surface area contributed by atoms with Crippen molar-refractivity contribution in [1.29, 1.82) is 5.26 Å². The molecule has 3 saturated heterocycles. The monoisotopic (exact) mass is 529 g/mol. The molecule has 4 heterocycles. The fraction of sp³-hybridized carbons (Fsp3) is 0.429. The number of halogens is 1. The molecular formula is C28H32FN9O. The van der Waals surface area contributed by atoms with Gasteiger partial charge in [0, 0.05) is 49.7 Å². The number of hydrogen-bond acceptors (Lipinski definition) is 10. The Labute approximate surface area is 227 Å². The SMILES string of the molecule is N#Cc1cc(-c2ncnc(Nc3ccc(N4CCN(C5COC5)CC4)cc3)n2)ccc1N[C@H]1CCNC[C@@H]1F. The molecule has 0 amide bonds. The highest BCUT2D eigenvalue weighted by molar-refractivity contribution is 5.68. The van der Waals surface area contributed by atoms with Gasteiger partial charge in [-0.2, -0.15) is 10.2 Å². The summed E-state index contributed by atoms with van der Waals surface area (Å²) in [5.41, 5.74) is 3.80. The zero-order valence-electron chi connectivity index (χ0n) is 21.7. The highest BCUT2D eigenvalue weighted by Crippen LogP contribution is 2.26. The van der Waals surface area contributed by atoms with Crippen molar-refractivity contribution >= 4 is 23.0 Å². The van der Waals surface area contributed by atoms with Gasteiger partial charge in [0.25, 0.3) is 0 Å². The third kappa shape index (κ3) is 5.78. The van der Waals surface area contributed by atoms with E-state index < -0.39 is 6.17 Å². The Balaban J connectivity index is 1.10. The molecule has 202 valence electrons. The molecule has 0 saturated carbocycles. The molecule has 3 N–H and O–H groups in total. The first kappa shape index (κ1) is 25.4. The zero-order chi connectivity index (χ0) is 26.6. The van der Waals surface area contributed by atoms with E-state index in [2.05, 4.69) is 58.9 Å². The zero-order valence-corrected chi connectivity index (χ0v) is 21.7. The predicted octanol–water partition coefficient (Wildman–Crippen LogP) is 2.79. The van der Waals surface area contributed by atoms with Crippen LogP contribution < -0.4 is 20.9 Å². The molecule has 0 bridgehead atoms. The molecule has 0 spiro atoms. The van der Waals surface area contributed by atoms with E-state index in [1.165, 1.54) is 12.0 Å². The van der Waals surface area contributed by atoms with Crippen molar-refractivity contribution in [1.82, 2.24) is 25.2 Å². The van der Waals surface area contributed by atoms with Gasteiger partial charge in [-0.25, -0.2) is 14.4 Å². The van der Waals surface area contributed by atoms with Crippen molar-refractivity contribution in [3.8, 4) is 17.5 Å². The van der Waals surface area contributed by atoms with E-state index in [1.54, 1.807) is 12.1 Å². The van der Waals surface area contributed by atoms with E-state index in [4.69, 9.17) is 4.74 Å². The molecule has 0 radical (unpaired) electrons. The topological polar surface area (TPSA) is 114 Å². The van der Waals surface area contributed by atoms with Crippen molar-refractivity contribution in [2.24, 2.45) is 0 Å². The van der Waals surface area contributed by atoms with Gasteiger partial charge in [0.15, 0.2) is 5.82 Å². The molecule has 2 aromatic carbocycles. The average Bonchev–Trinajstić information content (AvgIpc) is 2.95. The minimum absolute atomic E-state index is 0.314. The molecule has 3 fully saturated rings. The van der Waals surface area contributed by atoms with Crippen LogP contribution in [0.4, 0.5) is 27.4 Å². The maximum Gasteiger partial charge on any atom is 0.230 e. The summed E-state index contributed by atoms with van der Waals surface area (Å²) in [6.45, 7) is 6.91. The summed E-state index contributed by atoms with van der Waals surface area (Å²) in [5.74, 6) is 0.868. The highest BCUT2D eigenvalue weighted by Gasteiger charge is 2.29. The van der Waals surface area contributed by atoms with Crippen LogP contribution in [-0.2, 0) is 4.74 Å². The van der Waals surface area contributed by atoms with Crippen LogP contribution in [0.1, 0.15) is 12.0 Å². The second-order valence-corrected chi connectivity index (χ2v) is 10.2. The van der Waals surface area contributed by atoms with Crippen LogP contribution >= 0.6 is 0 Å². The van der Waals surface area contributed by atoms with Crippen LogP contribution in [0.15, 0.2) is 48.8 Å². The number of ether oxygens (including phenoxy) is 1. The van der Waals surface area contributed by atoms with Crippen LogP contribution in [0.2, 0.25) is 0 Å². The third-order valence-electron chi connectivity index (χ3n) is 7.66. The second kappa shape index (κ2) is 11.5. The van der Waals surface area contributed by atoms with E-state index >= 15 is 0 Å². The number of aromatic nitrogens is 3. The minimum atomic E-state index is -1.01. The number of alkyl halides is 1. The number of rotatable bonds is 7. The van der Waals surface area contributed by atoms with Gasteiger partial charge in [-0.1, -0.05) is 0 Å². The Morgan fingerprint density at radius 2 is 1.87 bits per heavy atom. The molecule has 2 atom stereocenters. The Morgan fingerprint density at radius 3 is 2.59 bits per heavy atom. The second-order valence-electron chi connectivity index (χ2n) is 10.2. The van der Waals surface area contributed by atoms with Crippen molar-refractivity contribution in [3.05, 3.63) is 54.4 Å². The van der Waals surface area contributed by atoms with Crippen LogP contribution in [0, 0.1) is 11.3 Å². The van der Waals surface area contributed by atoms with Gasteiger partial charge in [-0.05, 0) is 55.4 Å². The third-order valence-corrected chi connectivity index (χ3v) is 7.66. The molecule has 39 heavy (non-hydrogen) atoms. The van der Waals surface area contributed by atoms with Gasteiger partial charge in [-0.15, -0.1) is 0 Å². The number of piperidine rings is 1. The van der Waals surface area contributed by atoms with Crippen molar-refractivity contribution in [2.45, 2.75) is 24.7 Å². The molecule has 6 rings (SSSR count). The van der Waals surface area contributed by atoms with Crippen molar-refractivity contribution in [3.63, 3.8) is 0 Å². The smallest absolute Gasteiger partial charge is 0.230 e. The lowest BCUT2D eigenvalue weighted by molar-refractivity contribution is -0.0660. The van der Waals surface area contributed by atoms with Crippen molar-refractivity contribution < 1.29 is 9.13 Å². The number of nitrogens with one attached hydrogen (secondary N) is 3. The van der Waals surface area contributed by atoms with E-state index in [-0.39, 0.29) is 6.04 Å². The van der Waals surface area contributed by atoms with Gasteiger partial charge in [0.05, 0.1) is 36.5 Å². The maximum atomic E-state index is 14.3. The summed E-state index contributed by atoms with van der Waals surface area (Å²) in [6, 6.07) is 16.1. The van der Waals surface area contributed by atoms with E-state index in [0.29, 0.717) is 47.6 Å². The summed E-state index contributed by atoms with van der Waals surface area (Å²) in [6.07, 6.45) is 1.10. The summed E-state index contributed by atoms with van der Waals surface area (Å²) in [5, 5.41) is 19.2. The summed E-state index contributed by atoms with van der Waals surface area (Å²) in [7, 11) is 0. The highest BCUT2D eigenvalue weighted by atomic mass is 19.1. The van der Waals surface area contributed by atoms with Crippen molar-refractivity contribution in [2.75, 3.05) is 68.0 Å². The predicted molar refractivity (Wildman–Crippen MR) is 148 cm³/mol. The fourth-order valence-electron chi connectivity index (χ4n) is 5.24. The normalized spacial score (nSPS) is 22.1. The number of anilines is 4. The molecule has 11 heteroatoms. The Hall–Kier alpha value is -3.85. The van der Waals surface area contributed by atoms with Gasteiger partial charge < -0.3 is 25.6 Å². The lowest BCUT2D eigenvalue weighted by Crippen LogP contribution is -2.56. The molecule has 1 aromatic heterocycles. The fourth-order valence-corrected chi connectivity index (χ4v) is 5.24. The minimum Gasteiger partial charge on any atom is -0.378 e. The number of hydrogen-bond donors (Lipinski definition) is 3. The van der Waals surface area contributed by atoms with Gasteiger partial charge >= 0.3 is 0 Å². The first-order valence-corrected chi connectivity index (χ1v) is 13.4. The standard InChI is InChI=1S/C28H32FN9O/c29-24-15-31-8-7-26(24)35-25-6-1-19(13-20(25)14-30)27-32-18-33-28(36-27)34-21-2-4-22(5-3-21)37-9-11-38(12-10-37)23-16-39-17-23/h1-6,13,18,23-24,26,31,35H,7-12,15-17H2,(H,32,33,34,36)/t24-,26-/m0/s1. The molecule has 0 unspecified atom stereocenters. The van der Waals surface area contributed by atoms with Crippen LogP contribution in [0.3, 0.4) is 0 Å². The molecule has 0 aliphatic carbocycles. The molecule has 3 aromatic rings. The van der Waals surface area contributed by atoms with Gasteiger partial charge in [0.2, 0.25) is 5.95 Å². The van der Waals surface area contributed by atoms with Crippen LogP contribution in [0.5, 0.6) is 0 Å². The van der Waals surface area contributed by atoms with Gasteiger partial charge in [0.1, 0.15) is 18.6 Å². The quantitative estimate of drug-likeness (QED) is 0.422. The Bertz CT molecular complexity index is 1320. The average molecular weight is 530 g/mol. The Kier molecular flexibility index (Phi) is 7.49. The summed E-state index contributed by atoms with van der Waals surface area (Å²) in [4.78, 5) is 18.1. The molecule has 3 aliphatic heterocycles. The summed E-state index contributed by atoms with van der Waals surface area (Å²) < 4.78 is 19.6. The number of piperazine rings is 1. The molecule has 10 nitrogen and oxygen atoms in total. The van der Waals surface area contributed by atoms with Crippen LogP contribution in [-0.4, -0.2) is 90.6 Å². The lowest BCUT2D eigenvalue weighted by atomic mass is 10.0. The van der Waals surface area contributed by atoms with E-state index in [9.17, 15) is 9.65 Å². The van der Waals surface area contributed by atoms with Crippen LogP contribution in [0.25, 0.3) is 11.4 Å². The van der Waals surface area contributed by atoms with E-state index in [1.807, 2.05) is 18.2 Å². The number of nitriles is 1. The summed E-state index contributed by atoms with van der Waals surface area (Å²) >= 11 is 0. The maximum absolute atomic E-state index is 14.3. The van der Waals surface area contributed by atoms with E-state index in [0.717, 1.165) is 51.6 Å².